The average Bonchev–Trinajstić information content (AvgIpc) is 1.99. The maximum absolute atomic E-state index is 12.2. The van der Waals surface area contributed by atoms with Crippen molar-refractivity contribution < 1.29 is 18.7 Å². The first kappa shape index (κ1) is 11.1. The fourth-order valence-electron chi connectivity index (χ4n) is 0.741. The molecule has 0 radical (unpaired) electrons. The second-order valence-corrected chi connectivity index (χ2v) is 2.70. The van der Waals surface area contributed by atoms with E-state index in [2.05, 4.69) is 13.8 Å². The third-order valence-electron chi connectivity index (χ3n) is 1.70. The van der Waals surface area contributed by atoms with Gasteiger partial charge in [0.15, 0.2) is 0 Å². The Morgan fingerprint density at radius 2 is 2.08 bits per heavy atom. The van der Waals surface area contributed by atoms with Crippen LogP contribution in [0.4, 0.5) is 8.78 Å². The number of rotatable bonds is 5. The quantitative estimate of drug-likeness (QED) is 0.583. The highest BCUT2D eigenvalue weighted by molar-refractivity contribution is 5.73. The first-order chi connectivity index (χ1) is 5.45. The van der Waals surface area contributed by atoms with Crippen molar-refractivity contribution in [2.45, 2.75) is 25.7 Å². The lowest BCUT2D eigenvalue weighted by Crippen LogP contribution is -2.45. The van der Waals surface area contributed by atoms with E-state index in [0.29, 0.717) is 12.8 Å². The standard InChI is InChI=1S/C8H11F2O2/c1-3-4-5-8(2,6(9)10)7(11)12/h6H,1-5H2/q+1. The molecule has 0 aliphatic carbocycles. The summed E-state index contributed by atoms with van der Waals surface area (Å²) in [4.78, 5) is 10.3. The van der Waals surface area contributed by atoms with Crippen LogP contribution in [0.25, 0.3) is 0 Å². The molecule has 0 N–H and O–H groups in total. The molecule has 68 valence electrons. The first-order valence-corrected chi connectivity index (χ1v) is 3.59. The molecule has 1 atom stereocenters. The topological polar surface area (TPSA) is 40.1 Å². The van der Waals surface area contributed by atoms with E-state index in [4.69, 9.17) is 0 Å². The summed E-state index contributed by atoms with van der Waals surface area (Å²) in [7, 11) is 0. The summed E-state index contributed by atoms with van der Waals surface area (Å²) in [6.07, 6.45) is -2.47. The van der Waals surface area contributed by atoms with E-state index in [0.717, 1.165) is 0 Å². The summed E-state index contributed by atoms with van der Waals surface area (Å²) in [5, 5.41) is 10.3. The minimum atomic E-state index is -2.99. The largest absolute Gasteiger partial charge is 0.545 e. The molecule has 0 fully saturated rings. The molecule has 0 bridgehead atoms. The number of carbonyl (C=O) groups excluding carboxylic acids is 1. The van der Waals surface area contributed by atoms with Gasteiger partial charge >= 0.3 is 0 Å². The van der Waals surface area contributed by atoms with E-state index in [9.17, 15) is 18.7 Å². The van der Waals surface area contributed by atoms with Gasteiger partial charge < -0.3 is 9.90 Å². The Bertz CT molecular complexity index is 159. The van der Waals surface area contributed by atoms with Crippen LogP contribution in [0, 0.1) is 19.3 Å². The van der Waals surface area contributed by atoms with Crippen LogP contribution >= 0.6 is 0 Å². The zero-order chi connectivity index (χ0) is 9.78. The van der Waals surface area contributed by atoms with Gasteiger partial charge in [0.25, 0.3) is 6.43 Å². The van der Waals surface area contributed by atoms with Gasteiger partial charge in [-0.1, -0.05) is 0 Å². The van der Waals surface area contributed by atoms with Crippen LogP contribution in [0.1, 0.15) is 19.3 Å². The van der Waals surface area contributed by atoms with Gasteiger partial charge in [-0.05, 0) is 6.42 Å². The Kier molecular flexibility index (Phi) is 3.86. The molecular weight excluding hydrogens is 166 g/mol. The zero-order valence-electron chi connectivity index (χ0n) is 6.69. The van der Waals surface area contributed by atoms with Crippen molar-refractivity contribution in [1.82, 2.24) is 0 Å². The lowest BCUT2D eigenvalue weighted by atomic mass is 9.85. The monoisotopic (exact) mass is 177 g/mol. The summed E-state index contributed by atoms with van der Waals surface area (Å²) in [5.74, 6) is -1.80. The molecule has 0 aliphatic rings. The Labute approximate surface area is 70.6 Å². The van der Waals surface area contributed by atoms with E-state index in [1.807, 2.05) is 0 Å². The Morgan fingerprint density at radius 1 is 1.58 bits per heavy atom. The number of carbonyl (C=O) groups is 1. The molecule has 2 nitrogen and oxygen atoms in total. The van der Waals surface area contributed by atoms with Crippen LogP contribution in [-0.2, 0) is 4.79 Å². The fourth-order valence-corrected chi connectivity index (χ4v) is 0.741. The summed E-state index contributed by atoms with van der Waals surface area (Å²) in [6, 6.07) is 0. The molecule has 0 aromatic rings. The van der Waals surface area contributed by atoms with Crippen molar-refractivity contribution in [3.63, 3.8) is 0 Å². The Balaban J connectivity index is 4.29. The number of alkyl halides is 2. The van der Waals surface area contributed by atoms with E-state index >= 15 is 0 Å². The van der Waals surface area contributed by atoms with Crippen LogP contribution < -0.4 is 5.11 Å². The average molecular weight is 177 g/mol. The predicted octanol–water partition coefficient (Wildman–Crippen LogP) is 0.826. The molecule has 0 aromatic heterocycles. The van der Waals surface area contributed by atoms with Gasteiger partial charge in [-0.15, -0.1) is 0 Å². The van der Waals surface area contributed by atoms with Crippen LogP contribution in [0.2, 0.25) is 0 Å². The highest BCUT2D eigenvalue weighted by Gasteiger charge is 2.43. The second kappa shape index (κ2) is 4.18. The van der Waals surface area contributed by atoms with Gasteiger partial charge in [0.1, 0.15) is 0 Å². The molecule has 0 saturated heterocycles. The third-order valence-corrected chi connectivity index (χ3v) is 1.70. The van der Waals surface area contributed by atoms with Crippen LogP contribution in [-0.4, -0.2) is 12.4 Å². The van der Waals surface area contributed by atoms with Crippen molar-refractivity contribution >= 4 is 5.97 Å². The molecule has 1 unspecified atom stereocenters. The second-order valence-electron chi connectivity index (χ2n) is 2.70. The fraction of sp³-hybridized carbons (Fsp3) is 0.625. The molecule has 0 spiro atoms. The third kappa shape index (κ3) is 2.29. The normalized spacial score (nSPS) is 15.9. The van der Waals surface area contributed by atoms with Crippen molar-refractivity contribution in [1.29, 1.82) is 0 Å². The predicted molar refractivity (Wildman–Crippen MR) is 38.0 cm³/mol. The van der Waals surface area contributed by atoms with Crippen molar-refractivity contribution in [3.8, 4) is 0 Å². The molecule has 12 heavy (non-hydrogen) atoms. The SMILES string of the molecule is [CH2+]CCCC([CH2+])(C(=O)[O-])C(F)F. The number of hydrogen-bond donors (Lipinski definition) is 0. The molecule has 0 aliphatic heterocycles. The van der Waals surface area contributed by atoms with Crippen LogP contribution in [0.3, 0.4) is 0 Å². The maximum Gasteiger partial charge on any atom is 0.288 e. The van der Waals surface area contributed by atoms with Gasteiger partial charge in [0.2, 0.25) is 5.41 Å². The lowest BCUT2D eigenvalue weighted by molar-refractivity contribution is -0.322. The van der Waals surface area contributed by atoms with Gasteiger partial charge in [-0.25, -0.2) is 8.78 Å². The Hall–Kier alpha value is -0.930. The van der Waals surface area contributed by atoms with Gasteiger partial charge in [-0.2, -0.15) is 0 Å². The number of hydrogen-bond acceptors (Lipinski definition) is 2. The van der Waals surface area contributed by atoms with Crippen molar-refractivity contribution in [2.24, 2.45) is 5.41 Å². The smallest absolute Gasteiger partial charge is 0.288 e. The maximum atomic E-state index is 12.2. The molecule has 0 heterocycles. The van der Waals surface area contributed by atoms with E-state index < -0.39 is 17.8 Å². The van der Waals surface area contributed by atoms with Gasteiger partial charge in [0, 0.05) is 6.42 Å². The number of halogens is 2. The summed E-state index contributed by atoms with van der Waals surface area (Å²) in [5.41, 5.74) is -2.27. The molecule has 0 aromatic carbocycles. The molecule has 0 amide bonds. The number of carboxylic acid groups (broad SMARTS) is 1. The van der Waals surface area contributed by atoms with Crippen LogP contribution in [0.15, 0.2) is 0 Å². The number of unbranched alkanes of at least 4 members (excludes halogenated alkanes) is 1. The highest BCUT2D eigenvalue weighted by Crippen LogP contribution is 2.30. The Morgan fingerprint density at radius 3 is 2.33 bits per heavy atom. The minimum Gasteiger partial charge on any atom is -0.545 e. The molecule has 0 saturated carbocycles. The van der Waals surface area contributed by atoms with Gasteiger partial charge in [0.05, 0.1) is 26.2 Å². The van der Waals surface area contributed by atoms with E-state index in [1.54, 1.807) is 0 Å². The van der Waals surface area contributed by atoms with Crippen molar-refractivity contribution in [2.75, 3.05) is 0 Å². The number of carboxylic acids is 1. The van der Waals surface area contributed by atoms with E-state index in [1.165, 1.54) is 0 Å². The molecule has 4 heteroatoms. The summed E-state index contributed by atoms with van der Waals surface area (Å²) >= 11 is 0. The number of aliphatic carboxylic acids is 1. The lowest BCUT2D eigenvalue weighted by Gasteiger charge is -2.21. The zero-order valence-corrected chi connectivity index (χ0v) is 6.69. The summed E-state index contributed by atoms with van der Waals surface area (Å²) in [6.45, 7) is 6.39. The first-order valence-electron chi connectivity index (χ1n) is 3.59. The minimum absolute atomic E-state index is 0.198. The molecular formula is C8H11F2O2+. The summed E-state index contributed by atoms with van der Waals surface area (Å²) < 4.78 is 24.3. The van der Waals surface area contributed by atoms with Crippen molar-refractivity contribution in [3.05, 3.63) is 13.8 Å². The molecule has 0 rings (SSSR count). The van der Waals surface area contributed by atoms with Gasteiger partial charge in [-0.3, -0.25) is 0 Å². The highest BCUT2D eigenvalue weighted by atomic mass is 19.3. The van der Waals surface area contributed by atoms with E-state index in [-0.39, 0.29) is 6.42 Å². The van der Waals surface area contributed by atoms with Crippen LogP contribution in [0.5, 0.6) is 0 Å².